The molecule has 0 aliphatic heterocycles. The summed E-state index contributed by atoms with van der Waals surface area (Å²) in [4.78, 5) is 43.7. The number of carbonyl (C=O) groups is 3. The molecule has 0 radical (unpaired) electrons. The Bertz CT molecular complexity index is 1330. The Balaban J connectivity index is 1.29. The van der Waals surface area contributed by atoms with E-state index in [0.29, 0.717) is 44.6 Å². The van der Waals surface area contributed by atoms with Crippen molar-refractivity contribution in [2.45, 2.75) is 116 Å². The lowest BCUT2D eigenvalue weighted by Gasteiger charge is -2.26. The summed E-state index contributed by atoms with van der Waals surface area (Å²) in [5.41, 5.74) is 2.74. The highest BCUT2D eigenvalue weighted by Crippen LogP contribution is 2.32. The number of amides is 1. The molecule has 1 fully saturated rings. The van der Waals surface area contributed by atoms with Crippen LogP contribution in [-0.4, -0.2) is 33.4 Å². The number of nitrogens with one attached hydrogen (secondary N) is 1. The van der Waals surface area contributed by atoms with Crippen molar-refractivity contribution in [3.63, 3.8) is 0 Å². The van der Waals surface area contributed by atoms with Crippen molar-refractivity contribution in [1.29, 1.82) is 0 Å². The predicted molar refractivity (Wildman–Crippen MR) is 179 cm³/mol. The molecule has 2 aromatic carbocycles. The summed E-state index contributed by atoms with van der Waals surface area (Å²) in [5, 5.41) is 2.79. The number of hydrogen-bond donors (Lipinski definition) is 1. The number of carbonyl (C=O) groups excluding carboxylic acids is 3. The minimum absolute atomic E-state index is 0.00569. The van der Waals surface area contributed by atoms with E-state index in [2.05, 4.69) is 34.9 Å². The zero-order valence-corrected chi connectivity index (χ0v) is 27.6. The molecule has 8 heteroatoms. The number of unbranched alkanes of at least 4 members (excludes halogenated alkanes) is 2. The largest absolute Gasteiger partial charge is 0.461 e. The Hall–Kier alpha value is -3.94. The van der Waals surface area contributed by atoms with Gasteiger partial charge in [-0.25, -0.2) is 9.78 Å². The molecule has 4 rings (SSSR count). The summed E-state index contributed by atoms with van der Waals surface area (Å²) in [6.07, 6.45) is 13.3. The van der Waals surface area contributed by atoms with Gasteiger partial charge in [0.2, 0.25) is 0 Å². The lowest BCUT2D eigenvalue weighted by atomic mass is 9.87. The molecule has 0 bridgehead atoms. The van der Waals surface area contributed by atoms with E-state index in [9.17, 15) is 14.4 Å². The van der Waals surface area contributed by atoms with Crippen molar-refractivity contribution in [2.24, 2.45) is 11.8 Å². The summed E-state index contributed by atoms with van der Waals surface area (Å²) in [6, 6.07) is 19.1. The van der Waals surface area contributed by atoms with Gasteiger partial charge in [-0.15, -0.1) is 0 Å². The highest BCUT2D eigenvalue weighted by Gasteiger charge is 2.25. The summed E-state index contributed by atoms with van der Waals surface area (Å²) >= 11 is 0. The molecule has 2 atom stereocenters. The SMILES string of the molecule is CCCC[C@H](NC(=O)OCc1ccccc1)C(=O)CCCCC(Cc1cn(C2CCC(C)CC2)cn1)C(=O)OCc1ccccc1. The van der Waals surface area contributed by atoms with Gasteiger partial charge in [0, 0.05) is 25.1 Å². The molecule has 0 saturated heterocycles. The minimum atomic E-state index is -0.582. The molecule has 46 heavy (non-hydrogen) atoms. The molecule has 1 saturated carbocycles. The van der Waals surface area contributed by atoms with Gasteiger partial charge in [-0.05, 0) is 62.0 Å². The number of ketones is 1. The topological polar surface area (TPSA) is 99.5 Å². The molecule has 248 valence electrons. The second-order valence-corrected chi connectivity index (χ2v) is 12.8. The van der Waals surface area contributed by atoms with Crippen LogP contribution in [-0.2, 0) is 38.7 Å². The lowest BCUT2D eigenvalue weighted by molar-refractivity contribution is -0.150. The first-order valence-corrected chi connectivity index (χ1v) is 17.1. The molecule has 1 aromatic heterocycles. The number of ether oxygens (including phenoxy) is 2. The molecule has 1 N–H and O–H groups in total. The van der Waals surface area contributed by atoms with Crippen molar-refractivity contribution in [3.05, 3.63) is 90.0 Å². The number of Topliss-reactive ketones (excluding diaryl/α,β-unsaturated/α-hetero) is 1. The molecule has 0 spiro atoms. The average Bonchev–Trinajstić information content (AvgIpc) is 3.55. The van der Waals surface area contributed by atoms with Crippen LogP contribution in [0.4, 0.5) is 4.79 Å². The lowest BCUT2D eigenvalue weighted by Crippen LogP contribution is -2.41. The van der Waals surface area contributed by atoms with Crippen LogP contribution in [0.15, 0.2) is 73.2 Å². The van der Waals surface area contributed by atoms with Crippen LogP contribution in [0.5, 0.6) is 0 Å². The quantitative estimate of drug-likeness (QED) is 0.113. The highest BCUT2D eigenvalue weighted by atomic mass is 16.5. The van der Waals surface area contributed by atoms with Crippen LogP contribution in [0, 0.1) is 11.8 Å². The average molecular weight is 630 g/mol. The summed E-state index contributed by atoms with van der Waals surface area (Å²) in [6.45, 7) is 4.76. The van der Waals surface area contributed by atoms with Crippen LogP contribution >= 0.6 is 0 Å². The van der Waals surface area contributed by atoms with E-state index in [4.69, 9.17) is 9.47 Å². The summed E-state index contributed by atoms with van der Waals surface area (Å²) < 4.78 is 13.3. The van der Waals surface area contributed by atoms with E-state index in [0.717, 1.165) is 48.4 Å². The van der Waals surface area contributed by atoms with Gasteiger partial charge in [-0.2, -0.15) is 0 Å². The third-order valence-corrected chi connectivity index (χ3v) is 9.04. The monoisotopic (exact) mass is 629 g/mol. The second-order valence-electron chi connectivity index (χ2n) is 12.8. The zero-order valence-electron chi connectivity index (χ0n) is 27.6. The van der Waals surface area contributed by atoms with Crippen molar-refractivity contribution >= 4 is 17.8 Å². The van der Waals surface area contributed by atoms with E-state index >= 15 is 0 Å². The van der Waals surface area contributed by atoms with Crippen LogP contribution in [0.1, 0.15) is 107 Å². The van der Waals surface area contributed by atoms with E-state index in [1.54, 1.807) is 0 Å². The number of nitrogens with zero attached hydrogens (tertiary/aromatic N) is 2. The summed E-state index contributed by atoms with van der Waals surface area (Å²) in [7, 11) is 0. The van der Waals surface area contributed by atoms with E-state index < -0.39 is 12.1 Å². The standard InChI is InChI=1S/C38H51N3O5/c1-3-4-18-35(40-38(44)46-27-31-15-9-6-10-16-31)36(42)19-12-11-17-32(37(43)45-26-30-13-7-5-8-14-30)24-33-25-41(28-39-33)34-22-20-29(2)21-23-34/h5-10,13-16,25,28-29,32,34-35H,3-4,11-12,17-24,26-27H2,1-2H3,(H,40,44)/t29?,32?,34?,35-/m0/s1. The third kappa shape index (κ3) is 11.8. The highest BCUT2D eigenvalue weighted by molar-refractivity contribution is 5.87. The number of alkyl carbamates (subject to hydrolysis) is 1. The molecular weight excluding hydrogens is 578 g/mol. The van der Waals surface area contributed by atoms with Crippen LogP contribution < -0.4 is 5.32 Å². The van der Waals surface area contributed by atoms with Gasteiger partial charge in [-0.3, -0.25) is 9.59 Å². The maximum Gasteiger partial charge on any atom is 0.408 e. The molecular formula is C38H51N3O5. The number of imidazole rings is 1. The Kier molecular flexibility index (Phi) is 14.3. The van der Waals surface area contributed by atoms with E-state index in [-0.39, 0.29) is 30.9 Å². The molecule has 1 aliphatic carbocycles. The first-order chi connectivity index (χ1) is 22.4. The van der Waals surface area contributed by atoms with Gasteiger partial charge in [0.1, 0.15) is 13.2 Å². The first kappa shape index (κ1) is 34.9. The van der Waals surface area contributed by atoms with Crippen LogP contribution in [0.2, 0.25) is 0 Å². The smallest absolute Gasteiger partial charge is 0.408 e. The van der Waals surface area contributed by atoms with Gasteiger partial charge in [0.15, 0.2) is 5.78 Å². The van der Waals surface area contributed by atoms with Gasteiger partial charge >= 0.3 is 12.1 Å². The number of rotatable bonds is 18. The molecule has 1 aliphatic rings. The number of benzene rings is 2. The molecule has 1 heterocycles. The second kappa shape index (κ2) is 18.9. The van der Waals surface area contributed by atoms with E-state index in [1.807, 2.05) is 67.0 Å². The third-order valence-electron chi connectivity index (χ3n) is 9.04. The number of hydrogen-bond acceptors (Lipinski definition) is 6. The fraction of sp³-hybridized carbons (Fsp3) is 0.526. The van der Waals surface area contributed by atoms with Crippen molar-refractivity contribution < 1.29 is 23.9 Å². The van der Waals surface area contributed by atoms with Gasteiger partial charge in [-0.1, -0.05) is 93.8 Å². The number of aromatic nitrogens is 2. The zero-order chi connectivity index (χ0) is 32.6. The number of esters is 1. The van der Waals surface area contributed by atoms with E-state index in [1.165, 1.54) is 12.8 Å². The van der Waals surface area contributed by atoms with Crippen LogP contribution in [0.3, 0.4) is 0 Å². The van der Waals surface area contributed by atoms with Gasteiger partial charge < -0.3 is 19.4 Å². The fourth-order valence-corrected chi connectivity index (χ4v) is 6.12. The Morgan fingerprint density at radius 1 is 0.870 bits per heavy atom. The Morgan fingerprint density at radius 3 is 2.17 bits per heavy atom. The fourth-order valence-electron chi connectivity index (χ4n) is 6.12. The maximum absolute atomic E-state index is 13.3. The van der Waals surface area contributed by atoms with Crippen molar-refractivity contribution in [3.8, 4) is 0 Å². The molecule has 8 nitrogen and oxygen atoms in total. The van der Waals surface area contributed by atoms with Gasteiger partial charge in [0.25, 0.3) is 0 Å². The molecule has 3 aromatic rings. The normalized spacial score (nSPS) is 17.5. The van der Waals surface area contributed by atoms with Crippen LogP contribution in [0.25, 0.3) is 0 Å². The van der Waals surface area contributed by atoms with Gasteiger partial charge in [0.05, 0.1) is 24.0 Å². The van der Waals surface area contributed by atoms with Crippen molar-refractivity contribution in [2.75, 3.05) is 0 Å². The Labute approximate surface area is 274 Å². The predicted octanol–water partition coefficient (Wildman–Crippen LogP) is 8.15. The molecule has 1 unspecified atom stereocenters. The maximum atomic E-state index is 13.3. The Morgan fingerprint density at radius 2 is 1.52 bits per heavy atom. The van der Waals surface area contributed by atoms with Crippen molar-refractivity contribution in [1.82, 2.24) is 14.9 Å². The molecule has 1 amide bonds. The first-order valence-electron chi connectivity index (χ1n) is 17.1. The summed E-state index contributed by atoms with van der Waals surface area (Å²) in [5.74, 6) is 0.185. The minimum Gasteiger partial charge on any atom is -0.461 e.